The van der Waals surface area contributed by atoms with Crippen LogP contribution in [-0.4, -0.2) is 18.7 Å². The van der Waals surface area contributed by atoms with E-state index in [2.05, 4.69) is 0 Å². The van der Waals surface area contributed by atoms with E-state index in [1.54, 1.807) is 0 Å². The van der Waals surface area contributed by atoms with Crippen LogP contribution >= 0.6 is 11.3 Å². The number of carbonyl (C=O) groups excluding carboxylic acids is 1. The predicted molar refractivity (Wildman–Crippen MR) is 65.1 cm³/mol. The molecule has 0 radical (unpaired) electrons. The Labute approximate surface area is 104 Å². The zero-order valence-corrected chi connectivity index (χ0v) is 10.6. The van der Waals surface area contributed by atoms with Gasteiger partial charge in [0.2, 0.25) is 0 Å². The fraction of sp³-hybridized carbons (Fsp3) is 0.583. The molecule has 1 saturated carbocycles. The third-order valence-corrected chi connectivity index (χ3v) is 4.82. The maximum absolute atomic E-state index is 11.7. The summed E-state index contributed by atoms with van der Waals surface area (Å²) in [4.78, 5) is 12.8. The number of nitrogen functional groups attached to an aromatic ring is 1. The highest BCUT2D eigenvalue weighted by molar-refractivity contribution is 7.16. The Morgan fingerprint density at radius 3 is 2.88 bits per heavy atom. The molecule has 0 atom stereocenters. The van der Waals surface area contributed by atoms with Gasteiger partial charge in [-0.3, -0.25) is 0 Å². The van der Waals surface area contributed by atoms with Crippen LogP contribution in [0.3, 0.4) is 0 Å². The number of anilines is 1. The third kappa shape index (κ3) is 1.57. The van der Waals surface area contributed by atoms with E-state index in [1.165, 1.54) is 24.9 Å². The van der Waals surface area contributed by atoms with Crippen LogP contribution in [0, 0.1) is 0 Å². The smallest absolute Gasteiger partial charge is 0.341 e. The van der Waals surface area contributed by atoms with Crippen LogP contribution in [0.1, 0.15) is 40.1 Å². The average Bonchev–Trinajstić information content (AvgIpc) is 2.60. The molecule has 1 aromatic heterocycles. The Balaban J connectivity index is 2.01. The standard InChI is InChI=1S/C12H15NO3S/c1-15-11(14)9-7-5-12(3-2-4-12)16-6-8(7)17-10(9)13/h2-6,13H2,1H3. The van der Waals surface area contributed by atoms with Gasteiger partial charge < -0.3 is 15.2 Å². The molecule has 1 spiro atoms. The van der Waals surface area contributed by atoms with Gasteiger partial charge in [-0.2, -0.15) is 0 Å². The second-order valence-corrected chi connectivity index (χ2v) is 5.87. The summed E-state index contributed by atoms with van der Waals surface area (Å²) in [6.45, 7) is 0.585. The summed E-state index contributed by atoms with van der Waals surface area (Å²) in [6, 6.07) is 0. The van der Waals surface area contributed by atoms with Gasteiger partial charge in [0.15, 0.2) is 0 Å². The van der Waals surface area contributed by atoms with E-state index in [1.807, 2.05) is 0 Å². The Kier molecular flexibility index (Phi) is 2.41. The zero-order valence-electron chi connectivity index (χ0n) is 9.75. The number of fused-ring (bicyclic) bond motifs is 1. The number of ether oxygens (including phenoxy) is 2. The minimum Gasteiger partial charge on any atom is -0.465 e. The first-order valence-corrected chi connectivity index (χ1v) is 6.59. The largest absolute Gasteiger partial charge is 0.465 e. The number of hydrogen-bond acceptors (Lipinski definition) is 5. The number of rotatable bonds is 1. The molecular weight excluding hydrogens is 238 g/mol. The fourth-order valence-corrected chi connectivity index (χ4v) is 3.64. The first-order valence-electron chi connectivity index (χ1n) is 5.77. The minimum absolute atomic E-state index is 0.0245. The Bertz CT molecular complexity index is 476. The first-order chi connectivity index (χ1) is 8.15. The highest BCUT2D eigenvalue weighted by Gasteiger charge is 2.43. The summed E-state index contributed by atoms with van der Waals surface area (Å²) < 4.78 is 10.7. The van der Waals surface area contributed by atoms with E-state index in [9.17, 15) is 4.79 Å². The van der Waals surface area contributed by atoms with E-state index < -0.39 is 0 Å². The predicted octanol–water partition coefficient (Wildman–Crippen LogP) is 2.11. The third-order valence-electron chi connectivity index (χ3n) is 3.78. The van der Waals surface area contributed by atoms with Gasteiger partial charge in [-0.05, 0) is 24.8 Å². The van der Waals surface area contributed by atoms with Crippen molar-refractivity contribution in [1.29, 1.82) is 0 Å². The van der Waals surface area contributed by atoms with Crippen molar-refractivity contribution in [3.63, 3.8) is 0 Å². The first kappa shape index (κ1) is 11.0. The maximum Gasteiger partial charge on any atom is 0.341 e. The normalized spacial score (nSPS) is 20.8. The van der Waals surface area contributed by atoms with Crippen molar-refractivity contribution in [3.05, 3.63) is 16.0 Å². The Morgan fingerprint density at radius 2 is 2.29 bits per heavy atom. The molecule has 1 aliphatic carbocycles. The van der Waals surface area contributed by atoms with Crippen LogP contribution in [0.25, 0.3) is 0 Å². The molecule has 2 heterocycles. The quantitative estimate of drug-likeness (QED) is 0.779. The van der Waals surface area contributed by atoms with Crippen molar-refractivity contribution in [2.45, 2.75) is 37.9 Å². The van der Waals surface area contributed by atoms with Gasteiger partial charge in [-0.25, -0.2) is 4.79 Å². The number of nitrogens with two attached hydrogens (primary N) is 1. The van der Waals surface area contributed by atoms with E-state index in [-0.39, 0.29) is 11.6 Å². The molecular formula is C12H15NO3S. The molecule has 0 amide bonds. The van der Waals surface area contributed by atoms with Crippen molar-refractivity contribution >= 4 is 22.3 Å². The SMILES string of the molecule is COC(=O)c1c(N)sc2c1CC1(CCC1)OC2. The average molecular weight is 253 g/mol. The maximum atomic E-state index is 11.7. The van der Waals surface area contributed by atoms with E-state index in [0.29, 0.717) is 17.2 Å². The summed E-state index contributed by atoms with van der Waals surface area (Å²) in [5.41, 5.74) is 7.52. The van der Waals surface area contributed by atoms with Gasteiger partial charge in [0.05, 0.1) is 24.9 Å². The van der Waals surface area contributed by atoms with Gasteiger partial charge in [-0.15, -0.1) is 11.3 Å². The number of hydrogen-bond donors (Lipinski definition) is 1. The monoisotopic (exact) mass is 253 g/mol. The topological polar surface area (TPSA) is 61.5 Å². The molecule has 0 aromatic carbocycles. The van der Waals surface area contributed by atoms with Crippen molar-refractivity contribution in [3.8, 4) is 0 Å². The second kappa shape index (κ2) is 3.71. The molecule has 1 aromatic rings. The van der Waals surface area contributed by atoms with Crippen molar-refractivity contribution in [2.75, 3.05) is 12.8 Å². The molecule has 0 saturated heterocycles. The highest BCUT2D eigenvalue weighted by atomic mass is 32.1. The van der Waals surface area contributed by atoms with E-state index in [0.717, 1.165) is 29.7 Å². The molecule has 2 aliphatic rings. The molecule has 4 nitrogen and oxygen atoms in total. The summed E-state index contributed by atoms with van der Waals surface area (Å²) in [7, 11) is 1.39. The van der Waals surface area contributed by atoms with Crippen molar-refractivity contribution < 1.29 is 14.3 Å². The lowest BCUT2D eigenvalue weighted by molar-refractivity contribution is -0.117. The molecule has 92 valence electrons. The van der Waals surface area contributed by atoms with Crippen LogP contribution in [0.4, 0.5) is 5.00 Å². The molecule has 17 heavy (non-hydrogen) atoms. The lowest BCUT2D eigenvalue weighted by Gasteiger charge is -2.44. The summed E-state index contributed by atoms with van der Waals surface area (Å²) >= 11 is 1.45. The van der Waals surface area contributed by atoms with Gasteiger partial charge in [0.1, 0.15) is 5.00 Å². The van der Waals surface area contributed by atoms with Crippen LogP contribution in [0.15, 0.2) is 0 Å². The van der Waals surface area contributed by atoms with Crippen molar-refractivity contribution in [2.24, 2.45) is 0 Å². The fourth-order valence-electron chi connectivity index (χ4n) is 2.65. The number of esters is 1. The van der Waals surface area contributed by atoms with E-state index in [4.69, 9.17) is 15.2 Å². The van der Waals surface area contributed by atoms with E-state index >= 15 is 0 Å². The molecule has 0 bridgehead atoms. The molecule has 5 heteroatoms. The van der Waals surface area contributed by atoms with Gasteiger partial charge in [-0.1, -0.05) is 0 Å². The van der Waals surface area contributed by atoms with Gasteiger partial charge >= 0.3 is 5.97 Å². The summed E-state index contributed by atoms with van der Waals surface area (Å²) in [6.07, 6.45) is 4.19. The lowest BCUT2D eigenvalue weighted by atomic mass is 9.74. The van der Waals surface area contributed by atoms with Crippen LogP contribution < -0.4 is 5.73 Å². The molecule has 2 N–H and O–H groups in total. The Hall–Kier alpha value is -1.07. The van der Waals surface area contributed by atoms with Gasteiger partial charge in [0, 0.05) is 11.3 Å². The molecule has 1 fully saturated rings. The van der Waals surface area contributed by atoms with Crippen LogP contribution in [-0.2, 0) is 22.5 Å². The summed E-state index contributed by atoms with van der Waals surface area (Å²) in [5.74, 6) is -0.323. The van der Waals surface area contributed by atoms with Crippen molar-refractivity contribution in [1.82, 2.24) is 0 Å². The van der Waals surface area contributed by atoms with Gasteiger partial charge in [0.25, 0.3) is 0 Å². The highest BCUT2D eigenvalue weighted by Crippen LogP contribution is 2.46. The Morgan fingerprint density at radius 1 is 1.53 bits per heavy atom. The molecule has 1 aliphatic heterocycles. The number of methoxy groups -OCH3 is 1. The zero-order chi connectivity index (χ0) is 12.0. The minimum atomic E-state index is -0.323. The number of carbonyl (C=O) groups is 1. The second-order valence-electron chi connectivity index (χ2n) is 4.74. The van der Waals surface area contributed by atoms with Crippen LogP contribution in [0.2, 0.25) is 0 Å². The lowest BCUT2D eigenvalue weighted by Crippen LogP contribution is -2.44. The summed E-state index contributed by atoms with van der Waals surface area (Å²) in [5, 5.41) is 0.557. The molecule has 3 rings (SSSR count). The molecule has 0 unspecified atom stereocenters. The van der Waals surface area contributed by atoms with Crippen LogP contribution in [0.5, 0.6) is 0 Å². The number of thiophene rings is 1.